The molecule has 0 saturated heterocycles. The molecule has 1 aromatic heterocycles. The van der Waals surface area contributed by atoms with E-state index in [2.05, 4.69) is 16.2 Å². The first-order valence-corrected chi connectivity index (χ1v) is 5.79. The van der Waals surface area contributed by atoms with Gasteiger partial charge in [-0.15, -0.1) is 0 Å². The maximum absolute atomic E-state index is 11.2. The quantitative estimate of drug-likeness (QED) is 0.695. The minimum atomic E-state index is -3.17. The molecule has 5 heteroatoms. The van der Waals surface area contributed by atoms with Crippen LogP contribution in [0.25, 0.3) is 10.9 Å². The smallest absolute Gasteiger partial charge is 0.175 e. The number of benzene rings is 1. The second-order valence-corrected chi connectivity index (χ2v) is 4.95. The van der Waals surface area contributed by atoms with Crippen molar-refractivity contribution in [2.45, 2.75) is 4.90 Å². The van der Waals surface area contributed by atoms with Crippen LogP contribution in [0.15, 0.2) is 29.4 Å². The van der Waals surface area contributed by atoms with Crippen molar-refractivity contribution < 1.29 is 8.42 Å². The van der Waals surface area contributed by atoms with Gasteiger partial charge in [0.25, 0.3) is 0 Å². The lowest BCUT2D eigenvalue weighted by molar-refractivity contribution is 0.602. The zero-order chi connectivity index (χ0) is 10.2. The van der Waals surface area contributed by atoms with Crippen molar-refractivity contribution in [3.8, 4) is 0 Å². The summed E-state index contributed by atoms with van der Waals surface area (Å²) < 4.78 is 22.4. The fraction of sp³-hybridized carbons (Fsp3) is 0.111. The van der Waals surface area contributed by atoms with Crippen LogP contribution in [-0.4, -0.2) is 24.6 Å². The lowest BCUT2D eigenvalue weighted by Gasteiger charge is -1.99. The Morgan fingerprint density at radius 1 is 1.36 bits per heavy atom. The number of rotatable bonds is 1. The molecule has 71 valence electrons. The monoisotopic (exact) mass is 207 g/mol. The number of hydrogen-bond donors (Lipinski definition) is 0. The average molecular weight is 207 g/mol. The first-order chi connectivity index (χ1) is 6.57. The average Bonchev–Trinajstić information content (AvgIpc) is 2.16. The predicted octanol–water partition coefficient (Wildman–Crippen LogP) is 0.833. The molecular weight excluding hydrogens is 200 g/mol. The van der Waals surface area contributed by atoms with Crippen LogP contribution in [0, 0.1) is 6.20 Å². The molecule has 14 heavy (non-hydrogen) atoms. The molecular formula is C9H7N2O2S. The minimum Gasteiger partial charge on any atom is -0.236 e. The zero-order valence-corrected chi connectivity index (χ0v) is 8.25. The molecule has 1 heterocycles. The van der Waals surface area contributed by atoms with Gasteiger partial charge in [0.05, 0.1) is 10.4 Å². The van der Waals surface area contributed by atoms with E-state index in [0.29, 0.717) is 10.9 Å². The third-order valence-electron chi connectivity index (χ3n) is 1.84. The van der Waals surface area contributed by atoms with Gasteiger partial charge in [-0.3, -0.25) is 0 Å². The van der Waals surface area contributed by atoms with E-state index >= 15 is 0 Å². The molecule has 0 saturated carbocycles. The van der Waals surface area contributed by atoms with Crippen LogP contribution >= 0.6 is 0 Å². The van der Waals surface area contributed by atoms with Gasteiger partial charge < -0.3 is 0 Å². The summed E-state index contributed by atoms with van der Waals surface area (Å²) in [6.07, 6.45) is 5.23. The maximum atomic E-state index is 11.2. The molecule has 4 nitrogen and oxygen atoms in total. The summed E-state index contributed by atoms with van der Waals surface area (Å²) in [5, 5.41) is 0.607. The molecule has 0 amide bonds. The predicted molar refractivity (Wildman–Crippen MR) is 51.5 cm³/mol. The standard InChI is InChI=1S/C9H7N2O2S/c1-14(12,13)8-2-3-9-7(4-8)5-10-6-11-9/h2-4,6H,1H3. The second kappa shape index (κ2) is 3.02. The Morgan fingerprint density at radius 3 is 2.86 bits per heavy atom. The van der Waals surface area contributed by atoms with E-state index in [1.165, 1.54) is 18.5 Å². The highest BCUT2D eigenvalue weighted by Crippen LogP contribution is 2.15. The minimum absolute atomic E-state index is 0.260. The Balaban J connectivity index is 2.75. The van der Waals surface area contributed by atoms with Gasteiger partial charge in [0.2, 0.25) is 0 Å². The Morgan fingerprint density at radius 2 is 2.14 bits per heavy atom. The van der Waals surface area contributed by atoms with Crippen LogP contribution in [0.3, 0.4) is 0 Å². The van der Waals surface area contributed by atoms with Gasteiger partial charge in [-0.2, -0.15) is 0 Å². The van der Waals surface area contributed by atoms with Gasteiger partial charge >= 0.3 is 0 Å². The van der Waals surface area contributed by atoms with Crippen LogP contribution in [-0.2, 0) is 9.84 Å². The highest BCUT2D eigenvalue weighted by Gasteiger charge is 2.07. The molecule has 0 aliphatic rings. The number of aromatic nitrogens is 2. The van der Waals surface area contributed by atoms with Crippen LogP contribution in [0.1, 0.15) is 0 Å². The van der Waals surface area contributed by atoms with Crippen molar-refractivity contribution in [2.24, 2.45) is 0 Å². The molecule has 0 spiro atoms. The van der Waals surface area contributed by atoms with E-state index in [1.807, 2.05) is 0 Å². The Bertz CT molecular complexity index is 578. The van der Waals surface area contributed by atoms with Gasteiger partial charge in [-0.1, -0.05) is 0 Å². The molecule has 0 unspecified atom stereocenters. The molecule has 1 aromatic carbocycles. The molecule has 0 fully saturated rings. The Kier molecular flexibility index (Phi) is 1.96. The largest absolute Gasteiger partial charge is 0.236 e. The van der Waals surface area contributed by atoms with E-state index in [4.69, 9.17) is 0 Å². The van der Waals surface area contributed by atoms with Crippen molar-refractivity contribution in [1.82, 2.24) is 9.97 Å². The van der Waals surface area contributed by atoms with Crippen molar-refractivity contribution in [2.75, 3.05) is 6.26 Å². The topological polar surface area (TPSA) is 59.9 Å². The van der Waals surface area contributed by atoms with Crippen molar-refractivity contribution in [3.05, 3.63) is 30.7 Å². The molecule has 0 aliphatic carbocycles. The first-order valence-electron chi connectivity index (χ1n) is 3.90. The molecule has 2 aromatic rings. The summed E-state index contributed by atoms with van der Waals surface area (Å²) in [6, 6.07) is 4.69. The van der Waals surface area contributed by atoms with Crippen LogP contribution in [0.2, 0.25) is 0 Å². The lowest BCUT2D eigenvalue weighted by atomic mass is 10.2. The van der Waals surface area contributed by atoms with E-state index in [9.17, 15) is 8.42 Å². The molecule has 0 atom stereocenters. The Hall–Kier alpha value is -1.49. The summed E-state index contributed by atoms with van der Waals surface area (Å²) in [7, 11) is -3.17. The number of nitrogens with zero attached hydrogens (tertiary/aromatic N) is 2. The third-order valence-corrected chi connectivity index (χ3v) is 2.95. The summed E-state index contributed by atoms with van der Waals surface area (Å²) in [6.45, 7) is 0. The maximum Gasteiger partial charge on any atom is 0.175 e. The SMILES string of the molecule is CS(=O)(=O)c1ccc2ncn[c]c2c1. The molecule has 0 aliphatic heterocycles. The fourth-order valence-electron chi connectivity index (χ4n) is 1.14. The molecule has 0 N–H and O–H groups in total. The summed E-state index contributed by atoms with van der Waals surface area (Å²) in [4.78, 5) is 7.93. The van der Waals surface area contributed by atoms with E-state index in [-0.39, 0.29) is 4.90 Å². The number of hydrogen-bond acceptors (Lipinski definition) is 4. The second-order valence-electron chi connectivity index (χ2n) is 2.94. The van der Waals surface area contributed by atoms with Crippen molar-refractivity contribution in [1.29, 1.82) is 0 Å². The van der Waals surface area contributed by atoms with Crippen LogP contribution < -0.4 is 0 Å². The third kappa shape index (κ3) is 1.58. The first kappa shape index (κ1) is 9.08. The summed E-state index contributed by atoms with van der Waals surface area (Å²) >= 11 is 0. The summed E-state index contributed by atoms with van der Waals surface area (Å²) in [5.41, 5.74) is 0.687. The normalized spacial score (nSPS) is 11.8. The molecule has 2 rings (SSSR count). The highest BCUT2D eigenvalue weighted by molar-refractivity contribution is 7.90. The number of sulfone groups is 1. The number of fused-ring (bicyclic) bond motifs is 1. The molecule has 1 radical (unpaired) electrons. The van der Waals surface area contributed by atoms with Crippen LogP contribution in [0.5, 0.6) is 0 Å². The molecule has 0 bridgehead atoms. The van der Waals surface area contributed by atoms with Crippen molar-refractivity contribution in [3.63, 3.8) is 0 Å². The van der Waals surface area contributed by atoms with Gasteiger partial charge in [0.1, 0.15) is 12.5 Å². The van der Waals surface area contributed by atoms with Gasteiger partial charge in [0, 0.05) is 11.6 Å². The summed E-state index contributed by atoms with van der Waals surface area (Å²) in [5.74, 6) is 0. The lowest BCUT2D eigenvalue weighted by Crippen LogP contribution is -1.96. The van der Waals surface area contributed by atoms with Gasteiger partial charge in [0.15, 0.2) is 9.84 Å². The van der Waals surface area contributed by atoms with E-state index in [0.717, 1.165) is 6.26 Å². The Labute approximate surface area is 81.5 Å². The van der Waals surface area contributed by atoms with E-state index in [1.54, 1.807) is 6.07 Å². The van der Waals surface area contributed by atoms with Gasteiger partial charge in [-0.05, 0) is 18.2 Å². The van der Waals surface area contributed by atoms with Crippen LogP contribution in [0.4, 0.5) is 0 Å². The highest BCUT2D eigenvalue weighted by atomic mass is 32.2. The fourth-order valence-corrected chi connectivity index (χ4v) is 1.78. The zero-order valence-electron chi connectivity index (χ0n) is 7.43. The van der Waals surface area contributed by atoms with E-state index < -0.39 is 9.84 Å². The van der Waals surface area contributed by atoms with Crippen molar-refractivity contribution >= 4 is 20.7 Å². The van der Waals surface area contributed by atoms with Gasteiger partial charge in [-0.25, -0.2) is 18.4 Å².